The topological polar surface area (TPSA) is 142 Å². The van der Waals surface area contributed by atoms with Crippen LogP contribution in [0.15, 0.2) is 25.3 Å². The van der Waals surface area contributed by atoms with Crippen LogP contribution >= 0.6 is 0 Å². The molecule has 0 aromatic heterocycles. The second-order valence-electron chi connectivity index (χ2n) is 12.7. The lowest BCUT2D eigenvalue weighted by molar-refractivity contribution is -0.400. The van der Waals surface area contributed by atoms with E-state index in [9.17, 15) is 19.2 Å². The smallest absolute Gasteiger partial charge is 0.417 e. The highest BCUT2D eigenvalue weighted by molar-refractivity contribution is 6.30. The summed E-state index contributed by atoms with van der Waals surface area (Å²) in [4.78, 5) is 67.0. The summed E-state index contributed by atoms with van der Waals surface area (Å²) in [5, 5.41) is 0. The molecule has 42 heavy (non-hydrogen) atoms. The van der Waals surface area contributed by atoms with Crippen LogP contribution in [0.1, 0.15) is 95.9 Å². The molecule has 0 aromatic rings. The number of hydrogen-bond acceptors (Lipinski definition) is 12. The van der Waals surface area contributed by atoms with Crippen molar-refractivity contribution >= 4 is 23.9 Å². The molecule has 0 heterocycles. The zero-order chi connectivity index (χ0) is 33.4. The zero-order valence-corrected chi connectivity index (χ0v) is 27.5. The molecule has 0 saturated heterocycles. The minimum Gasteiger partial charge on any atom is -0.454 e. The standard InChI is InChI=1S/C22H42O8.C8H10O4/c1-15(13-21(9,10)29-27-19(3,4)5)25-17(23)18(24)26-16(2)14-22(11,12)30-28-20(6,7)8;1-3-5-11-7(9)8(10)12-6-4-2/h15-16H,13-14H2,1-12H3;3-4H,1-2,5-6H2. The fourth-order valence-corrected chi connectivity index (χ4v) is 2.86. The van der Waals surface area contributed by atoms with Gasteiger partial charge in [-0.1, -0.05) is 25.3 Å². The molecule has 0 radical (unpaired) electrons. The average molecular weight is 605 g/mol. The van der Waals surface area contributed by atoms with Gasteiger partial charge in [-0.05, 0) is 83.1 Å². The van der Waals surface area contributed by atoms with Crippen LogP contribution in [-0.2, 0) is 57.7 Å². The second kappa shape index (κ2) is 18.7. The first-order valence-electron chi connectivity index (χ1n) is 13.6. The second-order valence-corrected chi connectivity index (χ2v) is 12.7. The Morgan fingerprint density at radius 3 is 1.07 bits per heavy atom. The van der Waals surface area contributed by atoms with Gasteiger partial charge in [0.2, 0.25) is 0 Å². The largest absolute Gasteiger partial charge is 0.454 e. The van der Waals surface area contributed by atoms with E-state index in [1.54, 1.807) is 13.8 Å². The van der Waals surface area contributed by atoms with Crippen LogP contribution in [0.2, 0.25) is 0 Å². The summed E-state index contributed by atoms with van der Waals surface area (Å²) >= 11 is 0. The van der Waals surface area contributed by atoms with E-state index in [1.165, 1.54) is 12.2 Å². The first-order valence-corrected chi connectivity index (χ1v) is 13.6. The highest BCUT2D eigenvalue weighted by atomic mass is 17.2. The van der Waals surface area contributed by atoms with Crippen LogP contribution in [0, 0.1) is 0 Å². The molecule has 0 rings (SSSR count). The third-order valence-corrected chi connectivity index (χ3v) is 4.21. The number of hydrogen-bond donors (Lipinski definition) is 0. The van der Waals surface area contributed by atoms with E-state index in [-0.39, 0.29) is 13.2 Å². The SMILES string of the molecule is C=CCOC(=O)C(=O)OCC=C.CC(CC(C)(C)OOC(C)(C)C)OC(=O)C(=O)OC(C)CC(C)(C)OOC(C)(C)C. The molecule has 0 aromatic carbocycles. The maximum atomic E-state index is 12.1. The van der Waals surface area contributed by atoms with Crippen LogP contribution in [0.25, 0.3) is 0 Å². The Morgan fingerprint density at radius 1 is 0.548 bits per heavy atom. The van der Waals surface area contributed by atoms with E-state index in [0.717, 1.165) is 0 Å². The van der Waals surface area contributed by atoms with Crippen LogP contribution in [0.4, 0.5) is 0 Å². The van der Waals surface area contributed by atoms with E-state index in [2.05, 4.69) is 22.6 Å². The summed E-state index contributed by atoms with van der Waals surface area (Å²) in [5.41, 5.74) is -2.35. The molecule has 0 aliphatic carbocycles. The van der Waals surface area contributed by atoms with E-state index < -0.39 is 58.5 Å². The zero-order valence-electron chi connectivity index (χ0n) is 27.5. The average Bonchev–Trinajstić information content (AvgIpc) is 2.82. The van der Waals surface area contributed by atoms with Gasteiger partial charge in [0.25, 0.3) is 0 Å². The Morgan fingerprint density at radius 2 is 0.833 bits per heavy atom. The molecule has 244 valence electrons. The maximum Gasteiger partial charge on any atom is 0.417 e. The number of carbonyl (C=O) groups is 4. The monoisotopic (exact) mass is 604 g/mol. The highest BCUT2D eigenvalue weighted by Gasteiger charge is 2.32. The van der Waals surface area contributed by atoms with Gasteiger partial charge in [-0.2, -0.15) is 0 Å². The molecular formula is C30H52O12. The van der Waals surface area contributed by atoms with Gasteiger partial charge in [-0.15, -0.1) is 0 Å². The van der Waals surface area contributed by atoms with Gasteiger partial charge < -0.3 is 18.9 Å². The first-order chi connectivity index (χ1) is 18.9. The van der Waals surface area contributed by atoms with E-state index in [0.29, 0.717) is 12.8 Å². The minimum absolute atomic E-state index is 0.00201. The van der Waals surface area contributed by atoms with Crippen molar-refractivity contribution in [1.82, 2.24) is 0 Å². The molecule has 2 atom stereocenters. The molecular weight excluding hydrogens is 552 g/mol. The Hall–Kier alpha value is -2.80. The lowest BCUT2D eigenvalue weighted by Crippen LogP contribution is -2.37. The number of carbonyl (C=O) groups excluding carboxylic acids is 4. The predicted octanol–water partition coefficient (Wildman–Crippen LogP) is 5.13. The molecule has 0 fully saturated rings. The van der Waals surface area contributed by atoms with Crippen molar-refractivity contribution in [2.24, 2.45) is 0 Å². The fourth-order valence-electron chi connectivity index (χ4n) is 2.86. The van der Waals surface area contributed by atoms with Crippen molar-refractivity contribution in [2.75, 3.05) is 13.2 Å². The molecule has 0 amide bonds. The van der Waals surface area contributed by atoms with Crippen molar-refractivity contribution in [3.05, 3.63) is 25.3 Å². The van der Waals surface area contributed by atoms with Crippen molar-refractivity contribution < 1.29 is 57.7 Å². The molecule has 0 bridgehead atoms. The highest BCUT2D eigenvalue weighted by Crippen LogP contribution is 2.24. The first kappa shape index (κ1) is 41.3. The molecule has 0 saturated carbocycles. The summed E-state index contributed by atoms with van der Waals surface area (Å²) in [5.74, 6) is -4.13. The number of ether oxygens (including phenoxy) is 4. The molecule has 12 nitrogen and oxygen atoms in total. The Labute approximate surface area is 250 Å². The summed E-state index contributed by atoms with van der Waals surface area (Å²) < 4.78 is 19.2. The summed E-state index contributed by atoms with van der Waals surface area (Å²) in [6, 6.07) is 0. The van der Waals surface area contributed by atoms with Crippen LogP contribution in [0.5, 0.6) is 0 Å². The quantitative estimate of drug-likeness (QED) is 0.0648. The summed E-state index contributed by atoms with van der Waals surface area (Å²) in [7, 11) is 0. The third-order valence-electron chi connectivity index (χ3n) is 4.21. The molecule has 12 heteroatoms. The lowest BCUT2D eigenvalue weighted by atomic mass is 10.0. The van der Waals surface area contributed by atoms with Crippen molar-refractivity contribution in [1.29, 1.82) is 0 Å². The van der Waals surface area contributed by atoms with Gasteiger partial charge >= 0.3 is 23.9 Å². The van der Waals surface area contributed by atoms with Gasteiger partial charge in [0.05, 0.1) is 11.2 Å². The van der Waals surface area contributed by atoms with E-state index >= 15 is 0 Å². The minimum atomic E-state index is -1.05. The van der Waals surface area contributed by atoms with E-state index in [1.807, 2.05) is 69.2 Å². The van der Waals surface area contributed by atoms with Gasteiger partial charge in [0.15, 0.2) is 0 Å². The molecule has 2 unspecified atom stereocenters. The van der Waals surface area contributed by atoms with Crippen LogP contribution in [0.3, 0.4) is 0 Å². The van der Waals surface area contributed by atoms with Crippen molar-refractivity contribution in [2.45, 2.75) is 131 Å². The number of rotatable bonds is 14. The summed E-state index contributed by atoms with van der Waals surface area (Å²) in [6.45, 7) is 28.4. The van der Waals surface area contributed by atoms with Crippen LogP contribution in [-0.4, -0.2) is 71.7 Å². The Kier molecular flexibility index (Phi) is 18.4. The van der Waals surface area contributed by atoms with Crippen molar-refractivity contribution in [3.63, 3.8) is 0 Å². The molecule has 0 aliphatic rings. The summed E-state index contributed by atoms with van der Waals surface area (Å²) in [6.07, 6.45) is 2.25. The van der Waals surface area contributed by atoms with Gasteiger partial charge in [-0.3, -0.25) is 0 Å². The Balaban J connectivity index is 0. The number of esters is 4. The normalized spacial score (nSPS) is 13.4. The van der Waals surface area contributed by atoms with E-state index in [4.69, 9.17) is 29.0 Å². The fraction of sp³-hybridized carbons (Fsp3) is 0.733. The van der Waals surface area contributed by atoms with Gasteiger partial charge in [0.1, 0.15) is 36.6 Å². The van der Waals surface area contributed by atoms with Crippen molar-refractivity contribution in [3.8, 4) is 0 Å². The molecule has 0 aliphatic heterocycles. The van der Waals surface area contributed by atoms with Gasteiger partial charge in [0, 0.05) is 12.8 Å². The maximum absolute atomic E-state index is 12.1. The lowest BCUT2D eigenvalue weighted by Gasteiger charge is -2.30. The van der Waals surface area contributed by atoms with Crippen LogP contribution < -0.4 is 0 Å². The third kappa shape index (κ3) is 23.9. The molecule has 0 N–H and O–H groups in total. The predicted molar refractivity (Wildman–Crippen MR) is 155 cm³/mol. The molecule has 0 spiro atoms. The Bertz CT molecular complexity index is 806. The van der Waals surface area contributed by atoms with Gasteiger partial charge in [-0.25, -0.2) is 38.7 Å².